The van der Waals surface area contributed by atoms with Crippen LogP contribution in [-0.2, 0) is 32.7 Å². The first kappa shape index (κ1) is 51.2. The Morgan fingerprint density at radius 1 is 0.585 bits per heavy atom. The molecule has 0 heterocycles. The molecule has 0 bridgehead atoms. The molecule has 0 fully saturated rings. The highest BCUT2D eigenvalue weighted by Gasteiger charge is 2.21. The van der Waals surface area contributed by atoms with Crippen LogP contribution in [0.25, 0.3) is 0 Å². The van der Waals surface area contributed by atoms with Crippen molar-refractivity contribution in [2.45, 2.75) is 180 Å². The molecule has 9 nitrogen and oxygen atoms in total. The van der Waals surface area contributed by atoms with Crippen LogP contribution in [0.3, 0.4) is 0 Å². The Morgan fingerprint density at radius 2 is 1.04 bits per heavy atom. The lowest BCUT2D eigenvalue weighted by Crippen LogP contribution is -2.37. The van der Waals surface area contributed by atoms with Crippen LogP contribution in [0.2, 0.25) is 0 Å². The van der Waals surface area contributed by atoms with E-state index in [1.54, 1.807) is 0 Å². The zero-order valence-electron chi connectivity index (χ0n) is 34.7. The van der Waals surface area contributed by atoms with Crippen LogP contribution in [0.5, 0.6) is 0 Å². The van der Waals surface area contributed by atoms with E-state index in [-0.39, 0.29) is 26.1 Å². The van der Waals surface area contributed by atoms with Gasteiger partial charge in [-0.25, -0.2) is 0 Å². The first-order valence-electron chi connectivity index (χ1n) is 21.2. The summed E-state index contributed by atoms with van der Waals surface area (Å²) in [6.45, 7) is 4.15. The molecule has 10 heteroatoms. The number of phosphoric acid groups is 1. The lowest BCUT2D eigenvalue weighted by molar-refractivity contribution is -0.870. The Hall–Kier alpha value is -1.77. The van der Waals surface area contributed by atoms with Gasteiger partial charge in [-0.2, -0.15) is 0 Å². The smallest absolute Gasteiger partial charge is 0.306 e. The molecule has 0 aliphatic heterocycles. The zero-order valence-corrected chi connectivity index (χ0v) is 35.6. The standard InChI is InChI=1S/C43H80NO8P/c1-6-8-10-12-14-16-18-20-22-24-25-27-29-31-33-35-42(45)49-39-41(40-51-53(47,48)50-38-37-44(3,4)5)52-43(46)36-34-32-30-28-26-23-21-19-17-15-13-11-9-7-2/h13,15,19-22,41H,6-12,14,16-18,23-40H2,1-5H3/b15-13-,21-19-,22-20-/t41-/m1/s1. The molecule has 310 valence electrons. The normalized spacial score (nSPS) is 14.0. The second-order valence-corrected chi connectivity index (χ2v) is 16.8. The molecular formula is C43H80NO8P. The third-order valence-corrected chi connectivity index (χ3v) is 9.85. The highest BCUT2D eigenvalue weighted by atomic mass is 31.2. The first-order chi connectivity index (χ1) is 25.5. The molecule has 0 N–H and O–H groups in total. The number of nitrogens with zero attached hydrogens (tertiary/aromatic N) is 1. The van der Waals surface area contributed by atoms with Gasteiger partial charge in [-0.05, 0) is 64.2 Å². The molecule has 2 atom stereocenters. The highest BCUT2D eigenvalue weighted by Crippen LogP contribution is 2.38. The Kier molecular flexibility index (Phi) is 34.7. The van der Waals surface area contributed by atoms with Gasteiger partial charge in [0.1, 0.15) is 19.8 Å². The van der Waals surface area contributed by atoms with Gasteiger partial charge in [-0.15, -0.1) is 0 Å². The predicted octanol–water partition coefficient (Wildman–Crippen LogP) is 11.1. The van der Waals surface area contributed by atoms with Gasteiger partial charge in [-0.1, -0.05) is 134 Å². The van der Waals surface area contributed by atoms with E-state index in [4.69, 9.17) is 18.5 Å². The van der Waals surface area contributed by atoms with Crippen LogP contribution >= 0.6 is 7.82 Å². The lowest BCUT2D eigenvalue weighted by atomic mass is 10.1. The molecule has 0 spiro atoms. The van der Waals surface area contributed by atoms with Gasteiger partial charge in [0.2, 0.25) is 0 Å². The number of hydrogen-bond acceptors (Lipinski definition) is 8. The van der Waals surface area contributed by atoms with Crippen molar-refractivity contribution in [1.82, 2.24) is 0 Å². The van der Waals surface area contributed by atoms with E-state index in [1.165, 1.54) is 57.8 Å². The van der Waals surface area contributed by atoms with Gasteiger partial charge in [0, 0.05) is 12.8 Å². The SMILES string of the molecule is CCCC/C=C\C/C=C\CCCCCCCC(=O)O[C@H](COC(=O)CCCCCCC/C=C\CCCCCCCC)COP(=O)([O-])OCC[N+](C)(C)C. The Morgan fingerprint density at radius 3 is 1.57 bits per heavy atom. The Balaban J connectivity index is 4.42. The monoisotopic (exact) mass is 770 g/mol. The summed E-state index contributed by atoms with van der Waals surface area (Å²) < 4.78 is 33.8. The minimum atomic E-state index is -4.63. The van der Waals surface area contributed by atoms with Gasteiger partial charge in [-0.3, -0.25) is 14.2 Å². The zero-order chi connectivity index (χ0) is 39.3. The quantitative estimate of drug-likeness (QED) is 0.0201. The van der Waals surface area contributed by atoms with Gasteiger partial charge in [0.25, 0.3) is 7.82 Å². The molecule has 0 rings (SSSR count). The van der Waals surface area contributed by atoms with Gasteiger partial charge < -0.3 is 27.9 Å². The lowest BCUT2D eigenvalue weighted by Gasteiger charge is -2.28. The van der Waals surface area contributed by atoms with Crippen LogP contribution in [-0.4, -0.2) is 70.0 Å². The molecule has 0 saturated heterocycles. The minimum absolute atomic E-state index is 0.0353. The summed E-state index contributed by atoms with van der Waals surface area (Å²) in [5, 5.41) is 0. The Bertz CT molecular complexity index is 1010. The topological polar surface area (TPSA) is 111 Å². The number of carbonyl (C=O) groups excluding carboxylic acids is 2. The summed E-state index contributed by atoms with van der Waals surface area (Å²) in [5.41, 5.74) is 0. The largest absolute Gasteiger partial charge is 0.756 e. The number of carbonyl (C=O) groups is 2. The van der Waals surface area contributed by atoms with Gasteiger partial charge >= 0.3 is 11.9 Å². The van der Waals surface area contributed by atoms with Crippen LogP contribution in [0, 0.1) is 0 Å². The number of likely N-dealkylation sites (N-methyl/N-ethyl adjacent to an activating group) is 1. The van der Waals surface area contributed by atoms with Crippen molar-refractivity contribution >= 4 is 19.8 Å². The molecule has 0 aromatic carbocycles. The number of allylic oxidation sites excluding steroid dienone is 6. The van der Waals surface area contributed by atoms with E-state index >= 15 is 0 Å². The second-order valence-electron chi connectivity index (χ2n) is 15.3. The van der Waals surface area contributed by atoms with Gasteiger partial charge in [0.05, 0.1) is 27.7 Å². The summed E-state index contributed by atoms with van der Waals surface area (Å²) in [7, 11) is 1.15. The van der Waals surface area contributed by atoms with Crippen LogP contribution in [0.4, 0.5) is 0 Å². The molecule has 0 aromatic rings. The van der Waals surface area contributed by atoms with E-state index in [2.05, 4.69) is 50.3 Å². The maximum absolute atomic E-state index is 12.6. The van der Waals surface area contributed by atoms with E-state index in [0.29, 0.717) is 17.4 Å². The first-order valence-corrected chi connectivity index (χ1v) is 22.7. The fraction of sp³-hybridized carbons (Fsp3) is 0.814. The van der Waals surface area contributed by atoms with Crippen molar-refractivity contribution in [3.05, 3.63) is 36.5 Å². The summed E-state index contributed by atoms with van der Waals surface area (Å²) in [6, 6.07) is 0. The fourth-order valence-corrected chi connectivity index (χ4v) is 6.22. The molecule has 0 radical (unpaired) electrons. The molecule has 0 aromatic heterocycles. The maximum Gasteiger partial charge on any atom is 0.306 e. The number of phosphoric ester groups is 1. The predicted molar refractivity (Wildman–Crippen MR) is 217 cm³/mol. The van der Waals surface area contributed by atoms with Crippen LogP contribution in [0.1, 0.15) is 174 Å². The number of unbranched alkanes of at least 4 members (excludes halogenated alkanes) is 18. The number of ether oxygens (including phenoxy) is 2. The van der Waals surface area contributed by atoms with E-state index in [1.807, 2.05) is 21.1 Å². The molecule has 0 amide bonds. The van der Waals surface area contributed by atoms with E-state index in [0.717, 1.165) is 83.5 Å². The van der Waals surface area contributed by atoms with Crippen molar-refractivity contribution in [2.24, 2.45) is 0 Å². The van der Waals surface area contributed by atoms with Crippen molar-refractivity contribution in [3.63, 3.8) is 0 Å². The summed E-state index contributed by atoms with van der Waals surface area (Å²) >= 11 is 0. The molecule has 1 unspecified atom stereocenters. The van der Waals surface area contributed by atoms with Gasteiger partial charge in [0.15, 0.2) is 6.10 Å². The third-order valence-electron chi connectivity index (χ3n) is 8.88. The number of esters is 2. The molecule has 0 saturated carbocycles. The summed E-state index contributed by atoms with van der Waals surface area (Å²) in [4.78, 5) is 37.4. The van der Waals surface area contributed by atoms with Crippen molar-refractivity contribution in [3.8, 4) is 0 Å². The third kappa shape index (κ3) is 39.7. The fourth-order valence-electron chi connectivity index (χ4n) is 5.49. The van der Waals surface area contributed by atoms with Crippen LogP contribution in [0.15, 0.2) is 36.5 Å². The van der Waals surface area contributed by atoms with E-state index < -0.39 is 32.5 Å². The molecular weight excluding hydrogens is 689 g/mol. The summed E-state index contributed by atoms with van der Waals surface area (Å²) in [6.07, 6.45) is 38.8. The average molecular weight is 770 g/mol. The molecule has 0 aliphatic carbocycles. The second kappa shape index (κ2) is 35.9. The minimum Gasteiger partial charge on any atom is -0.756 e. The van der Waals surface area contributed by atoms with Crippen molar-refractivity contribution < 1.29 is 42.1 Å². The van der Waals surface area contributed by atoms with Crippen molar-refractivity contribution in [2.75, 3.05) is 47.5 Å². The molecule has 53 heavy (non-hydrogen) atoms. The van der Waals surface area contributed by atoms with Crippen LogP contribution < -0.4 is 4.89 Å². The maximum atomic E-state index is 12.6. The highest BCUT2D eigenvalue weighted by molar-refractivity contribution is 7.45. The van der Waals surface area contributed by atoms with E-state index in [9.17, 15) is 19.0 Å². The number of hydrogen-bond donors (Lipinski definition) is 0. The summed E-state index contributed by atoms with van der Waals surface area (Å²) in [5.74, 6) is -0.861. The number of quaternary nitrogens is 1. The molecule has 0 aliphatic rings. The van der Waals surface area contributed by atoms with Crippen molar-refractivity contribution in [1.29, 1.82) is 0 Å². The number of rotatable bonds is 38. The Labute approximate surface area is 325 Å². The average Bonchev–Trinajstić information content (AvgIpc) is 3.10.